The highest BCUT2D eigenvalue weighted by Gasteiger charge is 2.33. The standard InChI is InChI=1S/C15H13ClN2O6S/c1-10-11(16)5-4-7-12(10)17(9-15(19)20)25(23,24)14-8-3-2-6-13(14)18(21)22/h2-8H,9H2,1H3,(H,19,20). The van der Waals surface area contributed by atoms with Crippen molar-refractivity contribution < 1.29 is 23.2 Å². The molecule has 25 heavy (non-hydrogen) atoms. The van der Waals surface area contributed by atoms with E-state index in [4.69, 9.17) is 16.7 Å². The van der Waals surface area contributed by atoms with Gasteiger partial charge in [0.2, 0.25) is 0 Å². The van der Waals surface area contributed by atoms with Crippen molar-refractivity contribution in [1.82, 2.24) is 0 Å². The van der Waals surface area contributed by atoms with Gasteiger partial charge in [0.1, 0.15) is 6.54 Å². The fourth-order valence-electron chi connectivity index (χ4n) is 2.23. The van der Waals surface area contributed by atoms with Crippen LogP contribution in [0.25, 0.3) is 0 Å². The van der Waals surface area contributed by atoms with Gasteiger partial charge in [-0.05, 0) is 30.7 Å². The van der Waals surface area contributed by atoms with Crippen LogP contribution in [0.3, 0.4) is 0 Å². The van der Waals surface area contributed by atoms with Crippen LogP contribution in [0.15, 0.2) is 47.4 Å². The minimum absolute atomic E-state index is 0.0352. The summed E-state index contributed by atoms with van der Waals surface area (Å²) in [5.74, 6) is -1.42. The Morgan fingerprint density at radius 2 is 1.88 bits per heavy atom. The van der Waals surface area contributed by atoms with E-state index in [1.54, 1.807) is 0 Å². The molecule has 0 bridgehead atoms. The minimum Gasteiger partial charge on any atom is -0.480 e. The number of nitro benzene ring substituents is 1. The molecule has 1 N–H and O–H groups in total. The summed E-state index contributed by atoms with van der Waals surface area (Å²) in [5, 5.41) is 20.5. The van der Waals surface area contributed by atoms with Gasteiger partial charge in [0.05, 0.1) is 10.6 Å². The maximum Gasteiger partial charge on any atom is 0.324 e. The highest BCUT2D eigenvalue weighted by Crippen LogP contribution is 2.33. The largest absolute Gasteiger partial charge is 0.480 e. The molecule has 0 aromatic heterocycles. The average Bonchev–Trinajstić information content (AvgIpc) is 2.55. The van der Waals surface area contributed by atoms with Gasteiger partial charge in [0, 0.05) is 11.1 Å². The molecule has 0 unspecified atom stereocenters. The topological polar surface area (TPSA) is 118 Å². The molecule has 8 nitrogen and oxygen atoms in total. The first-order valence-corrected chi connectivity index (χ1v) is 8.71. The number of nitro groups is 1. The Labute approximate surface area is 148 Å². The Morgan fingerprint density at radius 3 is 2.48 bits per heavy atom. The average molecular weight is 385 g/mol. The quantitative estimate of drug-likeness (QED) is 0.604. The Bertz CT molecular complexity index is 945. The normalized spacial score (nSPS) is 11.1. The monoisotopic (exact) mass is 384 g/mol. The van der Waals surface area contributed by atoms with Crippen molar-refractivity contribution >= 4 is 39.0 Å². The number of anilines is 1. The van der Waals surface area contributed by atoms with E-state index < -0.39 is 38.0 Å². The molecule has 2 rings (SSSR count). The summed E-state index contributed by atoms with van der Waals surface area (Å²) < 4.78 is 26.5. The van der Waals surface area contributed by atoms with Crippen molar-refractivity contribution in [2.75, 3.05) is 10.8 Å². The second kappa shape index (κ2) is 7.08. The summed E-state index contributed by atoms with van der Waals surface area (Å²) in [7, 11) is -4.51. The number of carbonyl (C=O) groups is 1. The molecule has 10 heteroatoms. The fourth-order valence-corrected chi connectivity index (χ4v) is 4.04. The number of halogens is 1. The van der Waals surface area contributed by atoms with Crippen molar-refractivity contribution in [3.05, 3.63) is 63.2 Å². The molecule has 0 aliphatic heterocycles. The number of aliphatic carboxylic acids is 1. The number of carboxylic acids is 1. The fraction of sp³-hybridized carbons (Fsp3) is 0.133. The maximum absolute atomic E-state index is 13.0. The first kappa shape index (κ1) is 18.7. The molecule has 2 aromatic rings. The Kier molecular flexibility index (Phi) is 5.29. The van der Waals surface area contributed by atoms with Crippen molar-refractivity contribution in [3.63, 3.8) is 0 Å². The van der Waals surface area contributed by atoms with Crippen LogP contribution in [0, 0.1) is 17.0 Å². The van der Waals surface area contributed by atoms with E-state index in [1.165, 1.54) is 37.3 Å². The van der Waals surface area contributed by atoms with E-state index in [2.05, 4.69) is 0 Å². The Hall–Kier alpha value is -2.65. The van der Waals surface area contributed by atoms with Crippen LogP contribution in [-0.2, 0) is 14.8 Å². The Balaban J connectivity index is 2.72. The van der Waals surface area contributed by atoms with Crippen LogP contribution in [0.4, 0.5) is 11.4 Å². The SMILES string of the molecule is Cc1c(Cl)cccc1N(CC(=O)O)S(=O)(=O)c1ccccc1[N+](=O)[O-]. The molecular weight excluding hydrogens is 372 g/mol. The number of carboxylic acid groups (broad SMARTS) is 1. The molecule has 2 aromatic carbocycles. The second-order valence-corrected chi connectivity index (χ2v) is 7.25. The van der Waals surface area contributed by atoms with Gasteiger partial charge in [-0.1, -0.05) is 29.8 Å². The number of benzene rings is 2. The van der Waals surface area contributed by atoms with Crippen molar-refractivity contribution in [2.45, 2.75) is 11.8 Å². The molecular formula is C15H13ClN2O6S. The van der Waals surface area contributed by atoms with E-state index in [-0.39, 0.29) is 10.7 Å². The summed E-state index contributed by atoms with van der Waals surface area (Å²) in [6, 6.07) is 9.12. The summed E-state index contributed by atoms with van der Waals surface area (Å²) in [5.41, 5.74) is -0.266. The maximum atomic E-state index is 13.0. The third kappa shape index (κ3) is 3.72. The molecule has 0 atom stereocenters. The summed E-state index contributed by atoms with van der Waals surface area (Å²) in [6.07, 6.45) is 0. The number of para-hydroxylation sites is 1. The minimum atomic E-state index is -4.51. The summed E-state index contributed by atoms with van der Waals surface area (Å²) >= 11 is 6.00. The molecule has 0 fully saturated rings. The van der Waals surface area contributed by atoms with Gasteiger partial charge in [-0.2, -0.15) is 0 Å². The van der Waals surface area contributed by atoms with Gasteiger partial charge in [0.25, 0.3) is 15.7 Å². The number of hydrogen-bond acceptors (Lipinski definition) is 5. The summed E-state index contributed by atoms with van der Waals surface area (Å²) in [6.45, 7) is 0.622. The van der Waals surface area contributed by atoms with Crippen LogP contribution < -0.4 is 4.31 Å². The molecule has 132 valence electrons. The van der Waals surface area contributed by atoms with Crippen LogP contribution in [-0.4, -0.2) is 31.0 Å². The zero-order valence-corrected chi connectivity index (χ0v) is 14.5. The molecule has 0 spiro atoms. The zero-order valence-electron chi connectivity index (χ0n) is 12.9. The first-order chi connectivity index (χ1) is 11.7. The lowest BCUT2D eigenvalue weighted by Gasteiger charge is -2.24. The predicted octanol–water partition coefficient (Wildman–Crippen LogP) is 2.84. The molecule has 0 aliphatic rings. The molecule has 0 aliphatic carbocycles. The van der Waals surface area contributed by atoms with Gasteiger partial charge < -0.3 is 5.11 Å². The van der Waals surface area contributed by atoms with E-state index in [0.717, 1.165) is 12.1 Å². The first-order valence-electron chi connectivity index (χ1n) is 6.89. The number of rotatable bonds is 6. The van der Waals surface area contributed by atoms with Gasteiger partial charge in [-0.3, -0.25) is 19.2 Å². The number of sulfonamides is 1. The third-order valence-corrected chi connectivity index (χ3v) is 5.63. The van der Waals surface area contributed by atoms with Gasteiger partial charge in [-0.25, -0.2) is 8.42 Å². The summed E-state index contributed by atoms with van der Waals surface area (Å²) in [4.78, 5) is 20.9. The van der Waals surface area contributed by atoms with E-state index >= 15 is 0 Å². The smallest absolute Gasteiger partial charge is 0.324 e. The molecule has 0 radical (unpaired) electrons. The molecule has 0 saturated heterocycles. The van der Waals surface area contributed by atoms with Crippen molar-refractivity contribution in [3.8, 4) is 0 Å². The van der Waals surface area contributed by atoms with Crippen LogP contribution in [0.2, 0.25) is 5.02 Å². The van der Waals surface area contributed by atoms with Gasteiger partial charge >= 0.3 is 5.97 Å². The lowest BCUT2D eigenvalue weighted by molar-refractivity contribution is -0.387. The lowest BCUT2D eigenvalue weighted by Crippen LogP contribution is -2.36. The van der Waals surface area contributed by atoms with Crippen molar-refractivity contribution in [1.29, 1.82) is 0 Å². The van der Waals surface area contributed by atoms with E-state index in [0.29, 0.717) is 9.87 Å². The lowest BCUT2D eigenvalue weighted by atomic mass is 10.2. The van der Waals surface area contributed by atoms with Crippen LogP contribution >= 0.6 is 11.6 Å². The van der Waals surface area contributed by atoms with Crippen LogP contribution in [0.5, 0.6) is 0 Å². The Morgan fingerprint density at radius 1 is 1.24 bits per heavy atom. The highest BCUT2D eigenvalue weighted by molar-refractivity contribution is 7.93. The van der Waals surface area contributed by atoms with Crippen molar-refractivity contribution in [2.24, 2.45) is 0 Å². The second-order valence-electron chi connectivity index (χ2n) is 5.01. The number of hydrogen-bond donors (Lipinski definition) is 1. The molecule has 0 saturated carbocycles. The highest BCUT2D eigenvalue weighted by atomic mass is 35.5. The third-order valence-electron chi connectivity index (χ3n) is 3.42. The van der Waals surface area contributed by atoms with Gasteiger partial charge in [-0.15, -0.1) is 0 Å². The van der Waals surface area contributed by atoms with Gasteiger partial charge in [0.15, 0.2) is 4.90 Å². The predicted molar refractivity (Wildman–Crippen MR) is 91.5 cm³/mol. The molecule has 0 heterocycles. The zero-order chi connectivity index (χ0) is 18.8. The van der Waals surface area contributed by atoms with E-state index in [9.17, 15) is 23.3 Å². The molecule has 0 amide bonds. The van der Waals surface area contributed by atoms with E-state index in [1.807, 2.05) is 0 Å². The van der Waals surface area contributed by atoms with Crippen LogP contribution in [0.1, 0.15) is 5.56 Å². The number of nitrogens with zero attached hydrogens (tertiary/aromatic N) is 2.